The van der Waals surface area contributed by atoms with Crippen molar-refractivity contribution in [3.8, 4) is 0 Å². The van der Waals surface area contributed by atoms with Crippen LogP contribution >= 0.6 is 0 Å². The third-order valence-corrected chi connectivity index (χ3v) is 1.88. The van der Waals surface area contributed by atoms with E-state index in [-0.39, 0.29) is 12.2 Å². The van der Waals surface area contributed by atoms with Crippen LogP contribution in [-0.2, 0) is 0 Å². The number of hydrogen-bond donors (Lipinski definition) is 2. The van der Waals surface area contributed by atoms with Gasteiger partial charge in [-0.1, -0.05) is 39.0 Å². The van der Waals surface area contributed by atoms with Crippen LogP contribution in [0.25, 0.3) is 0 Å². The van der Waals surface area contributed by atoms with Crippen LogP contribution in [0.4, 0.5) is 0 Å². The first-order valence-corrected chi connectivity index (χ1v) is 5.00. The number of aliphatic hydroxyl groups excluding tert-OH is 2. The van der Waals surface area contributed by atoms with Gasteiger partial charge in [-0.3, -0.25) is 0 Å². The lowest BCUT2D eigenvalue weighted by Crippen LogP contribution is -2.09. The molecule has 2 unspecified atom stereocenters. The molecule has 0 saturated carbocycles. The molecule has 0 aliphatic heterocycles. The van der Waals surface area contributed by atoms with Crippen molar-refractivity contribution in [2.45, 2.75) is 46.3 Å². The van der Waals surface area contributed by atoms with Gasteiger partial charge in [0, 0.05) is 0 Å². The second kappa shape index (κ2) is 8.97. The molecular formula is C12H24O2. The molecule has 2 heteroatoms. The van der Waals surface area contributed by atoms with Crippen molar-refractivity contribution in [1.29, 1.82) is 0 Å². The quantitative estimate of drug-likeness (QED) is 0.685. The van der Waals surface area contributed by atoms with Crippen molar-refractivity contribution in [3.63, 3.8) is 0 Å². The van der Waals surface area contributed by atoms with Gasteiger partial charge in [0.05, 0.1) is 12.2 Å². The Balaban J connectivity index is 0. The molecule has 84 valence electrons. The van der Waals surface area contributed by atoms with Crippen LogP contribution in [0.2, 0.25) is 0 Å². The number of aliphatic hydroxyl groups is 2. The van der Waals surface area contributed by atoms with Gasteiger partial charge in [-0.2, -0.15) is 0 Å². The molecule has 0 rings (SSSR count). The summed E-state index contributed by atoms with van der Waals surface area (Å²) in [4.78, 5) is 0. The Bertz CT molecular complexity index is 162. The van der Waals surface area contributed by atoms with Gasteiger partial charge in [-0.25, -0.2) is 0 Å². The smallest absolute Gasteiger partial charge is 0.0742 e. The Labute approximate surface area is 88.0 Å². The molecule has 14 heavy (non-hydrogen) atoms. The number of hydrogen-bond acceptors (Lipinski definition) is 2. The van der Waals surface area contributed by atoms with E-state index in [1.54, 1.807) is 6.08 Å². The summed E-state index contributed by atoms with van der Waals surface area (Å²) in [5.74, 6) is 0.303. The fraction of sp³-hybridized carbons (Fsp3) is 0.667. The highest BCUT2D eigenvalue weighted by Crippen LogP contribution is 2.00. The van der Waals surface area contributed by atoms with Crippen molar-refractivity contribution in [1.82, 2.24) is 0 Å². The second-order valence-electron chi connectivity index (χ2n) is 3.74. The summed E-state index contributed by atoms with van der Waals surface area (Å²) in [6.45, 7) is 14.7. The van der Waals surface area contributed by atoms with Crippen LogP contribution in [0.15, 0.2) is 24.8 Å². The van der Waals surface area contributed by atoms with E-state index in [0.717, 1.165) is 12.0 Å². The van der Waals surface area contributed by atoms with Crippen LogP contribution in [0.3, 0.4) is 0 Å². The Hall–Kier alpha value is -0.600. The van der Waals surface area contributed by atoms with E-state index in [1.165, 1.54) is 0 Å². The molecule has 0 amide bonds. The Morgan fingerprint density at radius 3 is 1.79 bits per heavy atom. The van der Waals surface area contributed by atoms with Crippen LogP contribution in [-0.4, -0.2) is 22.4 Å². The van der Waals surface area contributed by atoms with Gasteiger partial charge in [0.1, 0.15) is 0 Å². The van der Waals surface area contributed by atoms with Gasteiger partial charge in [0.25, 0.3) is 0 Å². The maximum atomic E-state index is 8.84. The zero-order valence-corrected chi connectivity index (χ0v) is 9.83. The van der Waals surface area contributed by atoms with Gasteiger partial charge in [-0.05, 0) is 19.3 Å². The van der Waals surface area contributed by atoms with E-state index in [0.29, 0.717) is 5.92 Å². The summed E-state index contributed by atoms with van der Waals surface area (Å²) in [6, 6.07) is 0. The number of rotatable bonds is 4. The highest BCUT2D eigenvalue weighted by atomic mass is 16.3. The molecule has 0 aliphatic carbocycles. The molecule has 0 aromatic rings. The molecule has 0 spiro atoms. The fourth-order valence-corrected chi connectivity index (χ4v) is 0.621. The third kappa shape index (κ3) is 9.49. The van der Waals surface area contributed by atoms with Crippen molar-refractivity contribution in [2.75, 3.05) is 0 Å². The third-order valence-electron chi connectivity index (χ3n) is 1.88. The van der Waals surface area contributed by atoms with Gasteiger partial charge >= 0.3 is 0 Å². The van der Waals surface area contributed by atoms with Crippen molar-refractivity contribution < 1.29 is 10.2 Å². The molecule has 0 bridgehead atoms. The van der Waals surface area contributed by atoms with E-state index in [1.807, 2.05) is 27.7 Å². The van der Waals surface area contributed by atoms with Gasteiger partial charge in [0.15, 0.2) is 0 Å². The maximum absolute atomic E-state index is 8.84. The van der Waals surface area contributed by atoms with E-state index >= 15 is 0 Å². The molecule has 0 saturated heterocycles. The predicted molar refractivity (Wildman–Crippen MR) is 62.2 cm³/mol. The van der Waals surface area contributed by atoms with E-state index in [2.05, 4.69) is 13.2 Å². The summed E-state index contributed by atoms with van der Waals surface area (Å²) in [5.41, 5.74) is 0.850. The average molecular weight is 200 g/mol. The summed E-state index contributed by atoms with van der Waals surface area (Å²) in [5, 5.41) is 17.7. The fourth-order valence-electron chi connectivity index (χ4n) is 0.621. The Morgan fingerprint density at radius 1 is 1.36 bits per heavy atom. The molecule has 2 nitrogen and oxygen atoms in total. The van der Waals surface area contributed by atoms with Gasteiger partial charge < -0.3 is 10.2 Å². The molecule has 0 aromatic heterocycles. The molecule has 0 fully saturated rings. The normalized spacial score (nSPS) is 13.9. The topological polar surface area (TPSA) is 40.5 Å². The second-order valence-corrected chi connectivity index (χ2v) is 3.74. The minimum atomic E-state index is -0.333. The van der Waals surface area contributed by atoms with E-state index in [4.69, 9.17) is 10.2 Å². The Kier molecular flexibility index (Phi) is 10.2. The molecule has 0 heterocycles. The largest absolute Gasteiger partial charge is 0.389 e. The molecular weight excluding hydrogens is 176 g/mol. The lowest BCUT2D eigenvalue weighted by Gasteiger charge is -2.06. The molecule has 0 aromatic carbocycles. The van der Waals surface area contributed by atoms with Crippen molar-refractivity contribution in [3.05, 3.63) is 24.8 Å². The predicted octanol–water partition coefficient (Wildman–Crippen LogP) is 2.52. The van der Waals surface area contributed by atoms with Crippen molar-refractivity contribution >= 4 is 0 Å². The van der Waals surface area contributed by atoms with E-state index in [9.17, 15) is 0 Å². The van der Waals surface area contributed by atoms with Gasteiger partial charge in [0.2, 0.25) is 0 Å². The highest BCUT2D eigenvalue weighted by Gasteiger charge is 2.00. The van der Waals surface area contributed by atoms with Crippen LogP contribution < -0.4 is 0 Å². The first kappa shape index (κ1) is 15.9. The first-order chi connectivity index (χ1) is 6.36. The molecule has 2 N–H and O–H groups in total. The summed E-state index contributed by atoms with van der Waals surface area (Å²) >= 11 is 0. The lowest BCUT2D eigenvalue weighted by atomic mass is 10.1. The highest BCUT2D eigenvalue weighted by molar-refractivity contribution is 4.95. The maximum Gasteiger partial charge on any atom is 0.0742 e. The SMILES string of the molecule is C=C(C)C(O)CC.C=CC(O)C(C)C. The molecule has 0 radical (unpaired) electrons. The van der Waals surface area contributed by atoms with Crippen molar-refractivity contribution in [2.24, 2.45) is 5.92 Å². The van der Waals surface area contributed by atoms with Crippen LogP contribution in [0, 0.1) is 5.92 Å². The standard InChI is InChI=1S/2C6H12O/c2*1-4-6(7)5(2)3/h6-7H,2,4H2,1,3H3;4-7H,1H2,2-3H3. The summed E-state index contributed by atoms with van der Waals surface area (Å²) < 4.78 is 0. The zero-order chi connectivity index (χ0) is 11.7. The summed E-state index contributed by atoms with van der Waals surface area (Å²) in [7, 11) is 0. The minimum Gasteiger partial charge on any atom is -0.389 e. The van der Waals surface area contributed by atoms with Crippen LogP contribution in [0.1, 0.15) is 34.1 Å². The van der Waals surface area contributed by atoms with E-state index < -0.39 is 0 Å². The first-order valence-electron chi connectivity index (χ1n) is 5.00. The lowest BCUT2D eigenvalue weighted by molar-refractivity contribution is 0.172. The van der Waals surface area contributed by atoms with Gasteiger partial charge in [-0.15, -0.1) is 6.58 Å². The Morgan fingerprint density at radius 2 is 1.79 bits per heavy atom. The monoisotopic (exact) mass is 200 g/mol. The zero-order valence-electron chi connectivity index (χ0n) is 9.83. The minimum absolute atomic E-state index is 0.292. The molecule has 0 aliphatic rings. The molecule has 2 atom stereocenters. The van der Waals surface area contributed by atoms with Crippen LogP contribution in [0.5, 0.6) is 0 Å². The average Bonchev–Trinajstić information content (AvgIpc) is 2.15. The summed E-state index contributed by atoms with van der Waals surface area (Å²) in [6.07, 6.45) is 1.69.